The average Bonchev–Trinajstić information content (AvgIpc) is 2.30. The average molecular weight is 284 g/mol. The van der Waals surface area contributed by atoms with E-state index in [2.05, 4.69) is 20.9 Å². The third kappa shape index (κ3) is 3.04. The summed E-state index contributed by atoms with van der Waals surface area (Å²) >= 11 is 3.24. The minimum atomic E-state index is -0.241. The molecule has 86 valence electrons. The second kappa shape index (κ2) is 5.43. The fourth-order valence-electron chi connectivity index (χ4n) is 1.93. The van der Waals surface area contributed by atoms with Gasteiger partial charge in [-0.25, -0.2) is 9.78 Å². The van der Waals surface area contributed by atoms with E-state index in [1.54, 1.807) is 18.3 Å². The third-order valence-corrected chi connectivity index (χ3v) is 3.22. The van der Waals surface area contributed by atoms with Crippen molar-refractivity contribution in [3.63, 3.8) is 0 Å². The Hall–Kier alpha value is -0.900. The van der Waals surface area contributed by atoms with E-state index in [1.165, 1.54) is 6.42 Å². The first kappa shape index (κ1) is 11.6. The van der Waals surface area contributed by atoms with Crippen molar-refractivity contribution in [2.75, 3.05) is 0 Å². The molecule has 0 radical (unpaired) electrons. The molecule has 2 rings (SSSR count). The number of ether oxygens (including phenoxy) is 1. The molecule has 0 bridgehead atoms. The summed E-state index contributed by atoms with van der Waals surface area (Å²) in [5.41, 5.74) is 0.562. The highest BCUT2D eigenvalue weighted by Crippen LogP contribution is 2.21. The summed E-state index contributed by atoms with van der Waals surface area (Å²) in [6, 6.07) is 3.36. The van der Waals surface area contributed by atoms with Crippen molar-refractivity contribution in [2.45, 2.75) is 38.2 Å². The Morgan fingerprint density at radius 1 is 1.38 bits per heavy atom. The summed E-state index contributed by atoms with van der Waals surface area (Å²) in [4.78, 5) is 15.8. The van der Waals surface area contributed by atoms with E-state index in [-0.39, 0.29) is 12.1 Å². The highest BCUT2D eigenvalue weighted by molar-refractivity contribution is 9.10. The van der Waals surface area contributed by atoms with Gasteiger partial charge in [-0.2, -0.15) is 0 Å². The predicted octanol–water partition coefficient (Wildman–Crippen LogP) is 3.33. The van der Waals surface area contributed by atoms with Crippen LogP contribution in [-0.2, 0) is 4.74 Å². The van der Waals surface area contributed by atoms with Crippen molar-refractivity contribution in [1.82, 2.24) is 4.98 Å². The molecule has 1 aliphatic carbocycles. The summed E-state index contributed by atoms with van der Waals surface area (Å²) in [5, 5.41) is 0. The van der Waals surface area contributed by atoms with Gasteiger partial charge in [0.15, 0.2) is 0 Å². The summed E-state index contributed by atoms with van der Waals surface area (Å²) in [6.45, 7) is 0. The summed E-state index contributed by atoms with van der Waals surface area (Å²) in [5.74, 6) is -0.241. The Morgan fingerprint density at radius 3 is 2.81 bits per heavy atom. The van der Waals surface area contributed by atoms with Crippen LogP contribution in [0, 0.1) is 0 Å². The Morgan fingerprint density at radius 2 is 2.12 bits per heavy atom. The molecule has 1 aromatic rings. The maximum absolute atomic E-state index is 11.8. The SMILES string of the molecule is O=C(OC1CCCCC1)c1ccnc(Br)c1. The van der Waals surface area contributed by atoms with E-state index in [0.717, 1.165) is 25.7 Å². The first-order chi connectivity index (χ1) is 7.75. The molecular weight excluding hydrogens is 270 g/mol. The maximum atomic E-state index is 11.8. The summed E-state index contributed by atoms with van der Waals surface area (Å²) in [7, 11) is 0. The second-order valence-electron chi connectivity index (χ2n) is 4.03. The minimum absolute atomic E-state index is 0.105. The number of hydrogen-bond acceptors (Lipinski definition) is 3. The molecule has 1 saturated carbocycles. The normalized spacial score (nSPS) is 17.1. The van der Waals surface area contributed by atoms with Crippen molar-refractivity contribution in [2.24, 2.45) is 0 Å². The van der Waals surface area contributed by atoms with Gasteiger partial charge in [0.2, 0.25) is 0 Å². The summed E-state index contributed by atoms with van der Waals surface area (Å²) < 4.78 is 6.10. The van der Waals surface area contributed by atoms with Crippen molar-refractivity contribution < 1.29 is 9.53 Å². The number of rotatable bonds is 2. The molecule has 4 heteroatoms. The fourth-order valence-corrected chi connectivity index (χ4v) is 2.30. The number of esters is 1. The molecule has 1 aliphatic rings. The van der Waals surface area contributed by atoms with Crippen molar-refractivity contribution in [3.8, 4) is 0 Å². The van der Waals surface area contributed by atoms with Gasteiger partial charge in [0.1, 0.15) is 10.7 Å². The Bertz CT molecular complexity index is 375. The zero-order valence-electron chi connectivity index (χ0n) is 8.99. The quantitative estimate of drug-likeness (QED) is 0.617. The Balaban J connectivity index is 1.97. The molecule has 1 heterocycles. The zero-order valence-corrected chi connectivity index (χ0v) is 10.6. The Kier molecular flexibility index (Phi) is 3.93. The Labute approximate surface area is 103 Å². The molecule has 1 aromatic heterocycles. The van der Waals surface area contributed by atoms with E-state index >= 15 is 0 Å². The largest absolute Gasteiger partial charge is 0.459 e. The number of halogens is 1. The monoisotopic (exact) mass is 283 g/mol. The van der Waals surface area contributed by atoms with Crippen LogP contribution in [0.1, 0.15) is 42.5 Å². The van der Waals surface area contributed by atoms with Crippen LogP contribution in [-0.4, -0.2) is 17.1 Å². The number of carbonyl (C=O) groups is 1. The number of aromatic nitrogens is 1. The van der Waals surface area contributed by atoms with Gasteiger partial charge in [0.05, 0.1) is 5.56 Å². The van der Waals surface area contributed by atoms with Crippen LogP contribution in [0.15, 0.2) is 22.9 Å². The predicted molar refractivity (Wildman–Crippen MR) is 64.2 cm³/mol. The zero-order chi connectivity index (χ0) is 11.4. The smallest absolute Gasteiger partial charge is 0.338 e. The molecule has 0 spiro atoms. The van der Waals surface area contributed by atoms with E-state index in [0.29, 0.717) is 10.2 Å². The third-order valence-electron chi connectivity index (χ3n) is 2.79. The molecule has 3 nitrogen and oxygen atoms in total. The highest BCUT2D eigenvalue weighted by Gasteiger charge is 2.18. The van der Waals surface area contributed by atoms with Gasteiger partial charge in [-0.05, 0) is 53.7 Å². The van der Waals surface area contributed by atoms with Crippen LogP contribution < -0.4 is 0 Å². The molecular formula is C12H14BrNO2. The van der Waals surface area contributed by atoms with Gasteiger partial charge in [0.25, 0.3) is 0 Å². The van der Waals surface area contributed by atoms with Gasteiger partial charge in [-0.3, -0.25) is 0 Å². The first-order valence-corrected chi connectivity index (χ1v) is 6.37. The van der Waals surface area contributed by atoms with E-state index in [4.69, 9.17) is 4.74 Å². The van der Waals surface area contributed by atoms with Gasteiger partial charge >= 0.3 is 5.97 Å². The standard InChI is InChI=1S/C12H14BrNO2/c13-11-8-9(6-7-14-11)12(15)16-10-4-2-1-3-5-10/h6-8,10H,1-5H2. The summed E-state index contributed by atoms with van der Waals surface area (Å²) in [6.07, 6.45) is 7.29. The second-order valence-corrected chi connectivity index (χ2v) is 4.85. The van der Waals surface area contributed by atoms with Crippen LogP contribution in [0.5, 0.6) is 0 Å². The van der Waals surface area contributed by atoms with Gasteiger partial charge < -0.3 is 4.74 Å². The van der Waals surface area contributed by atoms with E-state index < -0.39 is 0 Å². The van der Waals surface area contributed by atoms with Crippen molar-refractivity contribution in [3.05, 3.63) is 28.5 Å². The molecule has 0 atom stereocenters. The van der Waals surface area contributed by atoms with Crippen molar-refractivity contribution in [1.29, 1.82) is 0 Å². The molecule has 1 fully saturated rings. The molecule has 0 aliphatic heterocycles. The number of nitrogens with zero attached hydrogens (tertiary/aromatic N) is 1. The number of pyridine rings is 1. The van der Waals surface area contributed by atoms with Crippen molar-refractivity contribution >= 4 is 21.9 Å². The lowest BCUT2D eigenvalue weighted by molar-refractivity contribution is 0.0211. The highest BCUT2D eigenvalue weighted by atomic mass is 79.9. The van der Waals surface area contributed by atoms with Crippen LogP contribution >= 0.6 is 15.9 Å². The van der Waals surface area contributed by atoms with Crippen LogP contribution in [0.2, 0.25) is 0 Å². The topological polar surface area (TPSA) is 39.2 Å². The first-order valence-electron chi connectivity index (χ1n) is 5.58. The van der Waals surface area contributed by atoms with Gasteiger partial charge in [-0.1, -0.05) is 6.42 Å². The van der Waals surface area contributed by atoms with Gasteiger partial charge in [-0.15, -0.1) is 0 Å². The lowest BCUT2D eigenvalue weighted by atomic mass is 9.98. The van der Waals surface area contributed by atoms with Crippen LogP contribution in [0.3, 0.4) is 0 Å². The number of hydrogen-bond donors (Lipinski definition) is 0. The molecule has 0 saturated heterocycles. The lowest BCUT2D eigenvalue weighted by Gasteiger charge is -2.21. The van der Waals surface area contributed by atoms with E-state index in [1.807, 2.05) is 0 Å². The fraction of sp³-hybridized carbons (Fsp3) is 0.500. The van der Waals surface area contributed by atoms with Gasteiger partial charge in [0, 0.05) is 6.20 Å². The lowest BCUT2D eigenvalue weighted by Crippen LogP contribution is -2.20. The minimum Gasteiger partial charge on any atom is -0.459 e. The molecule has 0 aromatic carbocycles. The molecule has 0 unspecified atom stereocenters. The van der Waals surface area contributed by atoms with E-state index in [9.17, 15) is 4.79 Å². The number of carbonyl (C=O) groups excluding carboxylic acids is 1. The molecule has 16 heavy (non-hydrogen) atoms. The maximum Gasteiger partial charge on any atom is 0.338 e. The van der Waals surface area contributed by atoms with Crippen LogP contribution in [0.4, 0.5) is 0 Å². The molecule has 0 amide bonds. The molecule has 0 N–H and O–H groups in total. The van der Waals surface area contributed by atoms with Crippen LogP contribution in [0.25, 0.3) is 0 Å².